The summed E-state index contributed by atoms with van der Waals surface area (Å²) in [6.07, 6.45) is 55.6. The van der Waals surface area contributed by atoms with Crippen molar-refractivity contribution < 1.29 is 80.2 Å². The van der Waals surface area contributed by atoms with E-state index in [1.165, 1.54) is 205 Å². The molecule has 17 nitrogen and oxygen atoms in total. The summed E-state index contributed by atoms with van der Waals surface area (Å²) in [5.41, 5.74) is 0. The molecule has 0 radical (unpaired) electrons. The average molecular weight is 1400 g/mol. The fraction of sp³-hybridized carbons (Fsp3) is 0.947. The molecular formula is C76H148O17P2. The Morgan fingerprint density at radius 1 is 0.295 bits per heavy atom. The van der Waals surface area contributed by atoms with Gasteiger partial charge in [0.25, 0.3) is 0 Å². The van der Waals surface area contributed by atoms with Gasteiger partial charge in [-0.25, -0.2) is 9.13 Å². The molecule has 0 fully saturated rings. The number of unbranched alkanes of at least 4 members (excludes halogenated alkanes) is 43. The molecule has 0 saturated carbocycles. The molecule has 0 aliphatic carbocycles. The molecule has 19 heteroatoms. The summed E-state index contributed by atoms with van der Waals surface area (Å²) in [6, 6.07) is 0. The zero-order valence-corrected chi connectivity index (χ0v) is 63.8. The summed E-state index contributed by atoms with van der Waals surface area (Å²) in [4.78, 5) is 72.7. The third-order valence-electron chi connectivity index (χ3n) is 18.4. The van der Waals surface area contributed by atoms with Crippen LogP contribution in [0.4, 0.5) is 0 Å². The van der Waals surface area contributed by atoms with Gasteiger partial charge in [-0.3, -0.25) is 37.3 Å². The SMILES string of the molecule is CCCCCCCCCCCCCCCCCCCCCCCC(=O)O[C@H](COC(=O)CCCCCCCCCCCCC(C)CC)COP(=O)(O)OC[C@@H](O)COP(=O)(O)OC[C@@H](COC(=O)CCCCCCCCCC)OC(=O)CCCCCCCCCCC(C)CC. The van der Waals surface area contributed by atoms with Crippen LogP contribution in [0.15, 0.2) is 0 Å². The molecule has 3 N–H and O–H groups in total. The first-order valence-electron chi connectivity index (χ1n) is 39.6. The molecule has 0 aromatic carbocycles. The van der Waals surface area contributed by atoms with Gasteiger partial charge in [-0.15, -0.1) is 0 Å². The van der Waals surface area contributed by atoms with E-state index in [1.54, 1.807) is 0 Å². The van der Waals surface area contributed by atoms with Crippen LogP contribution in [0.1, 0.15) is 395 Å². The van der Waals surface area contributed by atoms with Gasteiger partial charge in [0, 0.05) is 25.7 Å². The minimum atomic E-state index is -4.96. The Morgan fingerprint density at radius 2 is 0.505 bits per heavy atom. The molecular weight excluding hydrogens is 1250 g/mol. The number of phosphoric acid groups is 2. The molecule has 95 heavy (non-hydrogen) atoms. The van der Waals surface area contributed by atoms with Gasteiger partial charge in [0.1, 0.15) is 19.3 Å². The fourth-order valence-corrected chi connectivity index (χ4v) is 13.2. The Balaban J connectivity index is 5.19. The molecule has 4 unspecified atom stereocenters. The van der Waals surface area contributed by atoms with Crippen LogP contribution in [0.25, 0.3) is 0 Å². The molecule has 0 bridgehead atoms. The summed E-state index contributed by atoms with van der Waals surface area (Å²) in [5.74, 6) is -0.542. The minimum Gasteiger partial charge on any atom is -0.462 e. The van der Waals surface area contributed by atoms with E-state index in [4.69, 9.17) is 37.0 Å². The van der Waals surface area contributed by atoms with Gasteiger partial charge < -0.3 is 33.8 Å². The number of ether oxygens (including phenoxy) is 4. The normalized spacial score (nSPS) is 14.6. The molecule has 0 aliphatic heterocycles. The third kappa shape index (κ3) is 67.6. The van der Waals surface area contributed by atoms with Crippen molar-refractivity contribution in [1.82, 2.24) is 0 Å². The van der Waals surface area contributed by atoms with Gasteiger partial charge >= 0.3 is 39.5 Å². The summed E-state index contributed by atoms with van der Waals surface area (Å²) in [6.45, 7) is 9.59. The zero-order valence-electron chi connectivity index (χ0n) is 62.0. The first-order chi connectivity index (χ1) is 45.9. The van der Waals surface area contributed by atoms with Crippen LogP contribution >= 0.6 is 15.6 Å². The standard InChI is InChI=1S/C76H148O17P2/c1-7-11-13-15-17-19-20-21-22-23-24-25-26-27-28-29-30-35-42-48-54-60-75(80)92-72(65-87-74(79)59-53-47-41-34-32-31-33-38-44-50-56-68(5)9-3)67-91-95(84,85)89-63-70(77)62-88-94(82,83)90-66-71(64-86-73(78)58-52-46-40-18-16-14-12-8-2)93-76(81)61-55-49-43-37-36-39-45-51-57-69(6)10-4/h68-72,77H,7-67H2,1-6H3,(H,82,83)(H,84,85)/t68?,69?,70-,71+,72+/m0/s1. The van der Waals surface area contributed by atoms with Crippen molar-refractivity contribution in [3.8, 4) is 0 Å². The van der Waals surface area contributed by atoms with Crippen LogP contribution in [0.3, 0.4) is 0 Å². The van der Waals surface area contributed by atoms with Gasteiger partial charge in [-0.2, -0.15) is 0 Å². The molecule has 0 heterocycles. The van der Waals surface area contributed by atoms with Gasteiger partial charge in [0.05, 0.1) is 26.4 Å². The lowest BCUT2D eigenvalue weighted by Gasteiger charge is -2.21. The first kappa shape index (κ1) is 93.1. The van der Waals surface area contributed by atoms with Crippen LogP contribution < -0.4 is 0 Å². The quantitative estimate of drug-likeness (QED) is 0.0222. The number of carbonyl (C=O) groups excluding carboxylic acids is 4. The fourth-order valence-electron chi connectivity index (χ4n) is 11.6. The second-order valence-corrected chi connectivity index (χ2v) is 30.8. The second kappa shape index (κ2) is 67.9. The van der Waals surface area contributed by atoms with Crippen molar-refractivity contribution >= 4 is 39.5 Å². The van der Waals surface area contributed by atoms with E-state index in [0.717, 1.165) is 108 Å². The zero-order chi connectivity index (χ0) is 70.0. The van der Waals surface area contributed by atoms with Gasteiger partial charge in [0.15, 0.2) is 12.2 Å². The van der Waals surface area contributed by atoms with Crippen LogP contribution in [0.5, 0.6) is 0 Å². The number of carbonyl (C=O) groups is 4. The molecule has 7 atom stereocenters. The third-order valence-corrected chi connectivity index (χ3v) is 20.3. The van der Waals surface area contributed by atoms with E-state index >= 15 is 0 Å². The van der Waals surface area contributed by atoms with Gasteiger partial charge in [0.2, 0.25) is 0 Å². The summed E-state index contributed by atoms with van der Waals surface area (Å²) in [7, 11) is -9.91. The second-order valence-electron chi connectivity index (χ2n) is 27.9. The van der Waals surface area contributed by atoms with E-state index in [0.29, 0.717) is 25.7 Å². The number of hydrogen-bond acceptors (Lipinski definition) is 15. The molecule has 0 aliphatic rings. The maximum absolute atomic E-state index is 13.1. The van der Waals surface area contributed by atoms with Gasteiger partial charge in [-0.1, -0.05) is 343 Å². The maximum atomic E-state index is 13.1. The Kier molecular flexibility index (Phi) is 66.5. The van der Waals surface area contributed by atoms with Gasteiger partial charge in [-0.05, 0) is 37.5 Å². The van der Waals surface area contributed by atoms with E-state index in [-0.39, 0.29) is 25.7 Å². The molecule has 0 spiro atoms. The highest BCUT2D eigenvalue weighted by atomic mass is 31.2. The highest BCUT2D eigenvalue weighted by molar-refractivity contribution is 7.47. The first-order valence-corrected chi connectivity index (χ1v) is 42.6. The highest BCUT2D eigenvalue weighted by Gasteiger charge is 2.30. The summed E-state index contributed by atoms with van der Waals surface area (Å²) >= 11 is 0. The number of phosphoric ester groups is 2. The lowest BCUT2D eigenvalue weighted by atomic mass is 9.99. The van der Waals surface area contributed by atoms with E-state index in [1.807, 2.05) is 0 Å². The van der Waals surface area contributed by atoms with Crippen LogP contribution in [-0.2, 0) is 65.4 Å². The van der Waals surface area contributed by atoms with Crippen molar-refractivity contribution in [1.29, 1.82) is 0 Å². The lowest BCUT2D eigenvalue weighted by molar-refractivity contribution is -0.161. The van der Waals surface area contributed by atoms with Crippen LogP contribution in [-0.4, -0.2) is 96.7 Å². The van der Waals surface area contributed by atoms with Crippen LogP contribution in [0.2, 0.25) is 0 Å². The largest absolute Gasteiger partial charge is 0.472 e. The Morgan fingerprint density at radius 3 is 0.747 bits per heavy atom. The smallest absolute Gasteiger partial charge is 0.462 e. The summed E-state index contributed by atoms with van der Waals surface area (Å²) < 4.78 is 68.4. The van der Waals surface area contributed by atoms with E-state index < -0.39 is 97.5 Å². The Hall–Kier alpha value is -1.94. The molecule has 0 amide bonds. The molecule has 0 aromatic heterocycles. The maximum Gasteiger partial charge on any atom is 0.472 e. The van der Waals surface area contributed by atoms with E-state index in [2.05, 4.69) is 41.5 Å². The minimum absolute atomic E-state index is 0.105. The highest BCUT2D eigenvalue weighted by Crippen LogP contribution is 2.45. The number of aliphatic hydroxyl groups is 1. The van der Waals surface area contributed by atoms with Crippen LogP contribution in [0, 0.1) is 11.8 Å². The lowest BCUT2D eigenvalue weighted by Crippen LogP contribution is -2.30. The number of esters is 4. The predicted molar refractivity (Wildman–Crippen MR) is 386 cm³/mol. The number of rotatable bonds is 75. The van der Waals surface area contributed by atoms with Crippen molar-refractivity contribution in [3.05, 3.63) is 0 Å². The predicted octanol–water partition coefficient (Wildman–Crippen LogP) is 22.3. The number of hydrogen-bond donors (Lipinski definition) is 3. The Bertz CT molecular complexity index is 1840. The topological polar surface area (TPSA) is 237 Å². The molecule has 0 saturated heterocycles. The average Bonchev–Trinajstić information content (AvgIpc) is 1.88. The molecule has 0 rings (SSSR count). The summed E-state index contributed by atoms with van der Waals surface area (Å²) in [5, 5.41) is 10.6. The molecule has 564 valence electrons. The Labute approximate surface area is 581 Å². The van der Waals surface area contributed by atoms with E-state index in [9.17, 15) is 43.2 Å². The number of aliphatic hydroxyl groups excluding tert-OH is 1. The van der Waals surface area contributed by atoms with Crippen molar-refractivity contribution in [3.63, 3.8) is 0 Å². The molecule has 0 aromatic rings. The van der Waals surface area contributed by atoms with Crippen molar-refractivity contribution in [2.75, 3.05) is 39.6 Å². The monoisotopic (exact) mass is 1400 g/mol. The van der Waals surface area contributed by atoms with Crippen molar-refractivity contribution in [2.24, 2.45) is 11.8 Å². The van der Waals surface area contributed by atoms with Crippen molar-refractivity contribution in [2.45, 2.75) is 413 Å².